The van der Waals surface area contributed by atoms with Crippen LogP contribution in [0.2, 0.25) is 5.02 Å². The van der Waals surface area contributed by atoms with E-state index in [1.54, 1.807) is 13.1 Å². The number of sulfonamides is 1. The molecule has 0 aliphatic carbocycles. The zero-order valence-electron chi connectivity index (χ0n) is 20.0. The minimum atomic E-state index is -4.40. The molecule has 1 atom stereocenters. The van der Waals surface area contributed by atoms with E-state index in [0.717, 1.165) is 36.5 Å². The van der Waals surface area contributed by atoms with E-state index in [0.29, 0.717) is 16.6 Å². The maximum absolute atomic E-state index is 14.9. The molecule has 0 bridgehead atoms. The Morgan fingerprint density at radius 3 is 2.72 bits per heavy atom. The van der Waals surface area contributed by atoms with Crippen molar-refractivity contribution in [2.24, 2.45) is 4.99 Å². The predicted molar refractivity (Wildman–Crippen MR) is 141 cm³/mol. The lowest BCUT2D eigenvalue weighted by molar-refractivity contribution is -0.0500. The number of ether oxygens (including phenoxy) is 1. The van der Waals surface area contributed by atoms with Gasteiger partial charge in [-0.1, -0.05) is 17.7 Å². The topological polar surface area (TPSA) is 137 Å². The lowest BCUT2D eigenvalue weighted by atomic mass is 9.98. The van der Waals surface area contributed by atoms with Gasteiger partial charge in [-0.25, -0.2) is 17.8 Å². The molecule has 0 spiro atoms. The van der Waals surface area contributed by atoms with E-state index in [2.05, 4.69) is 24.4 Å². The van der Waals surface area contributed by atoms with Gasteiger partial charge in [-0.15, -0.1) is 0 Å². The van der Waals surface area contributed by atoms with E-state index in [4.69, 9.17) is 17.0 Å². The molecule has 2 aromatic heterocycles. The van der Waals surface area contributed by atoms with Crippen LogP contribution in [0.5, 0.6) is 5.75 Å². The van der Waals surface area contributed by atoms with E-state index in [1.807, 2.05) is 0 Å². The Kier molecular flexibility index (Phi) is 8.02. The molecule has 2 heterocycles. The van der Waals surface area contributed by atoms with Gasteiger partial charge in [-0.3, -0.25) is 14.5 Å². The quantitative estimate of drug-likeness (QED) is 0.171. The van der Waals surface area contributed by atoms with Gasteiger partial charge in [0.1, 0.15) is 17.2 Å². The first-order valence-electron chi connectivity index (χ1n) is 11.1. The first-order valence-corrected chi connectivity index (χ1v) is 12.9. The fourth-order valence-corrected chi connectivity index (χ4v) is 5.22. The highest BCUT2D eigenvalue weighted by Crippen LogP contribution is 2.34. The second-order valence-electron chi connectivity index (χ2n) is 8.04. The number of nitrogens with zero attached hydrogens (tertiary/aromatic N) is 2. The van der Waals surface area contributed by atoms with Crippen LogP contribution >= 0.6 is 11.6 Å². The number of rotatable bonds is 10. The highest BCUT2D eigenvalue weighted by Gasteiger charge is 2.26. The zero-order chi connectivity index (χ0) is 28.3. The van der Waals surface area contributed by atoms with Gasteiger partial charge >= 0.3 is 6.61 Å². The molecule has 0 radical (unpaired) electrons. The normalized spacial score (nSPS) is 12.7. The number of hydrogen-bond acceptors (Lipinski definition) is 7. The number of benzene rings is 2. The molecule has 202 valence electrons. The molecule has 4 rings (SSSR count). The number of pyridine rings is 1. The van der Waals surface area contributed by atoms with Gasteiger partial charge in [0.2, 0.25) is 0 Å². The zero-order valence-corrected chi connectivity index (χ0v) is 21.5. The number of halogens is 4. The van der Waals surface area contributed by atoms with Crippen LogP contribution in [0.4, 0.5) is 18.9 Å². The smallest absolute Gasteiger partial charge is 0.387 e. The lowest BCUT2D eigenvalue weighted by Gasteiger charge is -2.13. The fraction of sp³-hybridized carbons (Fsp3) is 0.120. The Morgan fingerprint density at radius 1 is 1.26 bits per heavy atom. The molecule has 9 nitrogen and oxygen atoms in total. The van der Waals surface area contributed by atoms with Crippen molar-refractivity contribution in [1.29, 1.82) is 5.41 Å². The number of aromatic amines is 1. The molecule has 0 aliphatic rings. The number of alkyl halides is 2. The summed E-state index contributed by atoms with van der Waals surface area (Å²) < 4.78 is 72.2. The number of carbonyl (C=O) groups excluding carboxylic acids is 1. The third-order valence-corrected chi connectivity index (χ3v) is 7.33. The van der Waals surface area contributed by atoms with Gasteiger partial charge in [-0.2, -0.15) is 8.78 Å². The van der Waals surface area contributed by atoms with Crippen LogP contribution in [-0.2, 0) is 10.0 Å². The Bertz CT molecular complexity index is 1710. The Labute approximate surface area is 225 Å². The van der Waals surface area contributed by atoms with Crippen LogP contribution in [0.3, 0.4) is 0 Å². The van der Waals surface area contributed by atoms with E-state index in [1.165, 1.54) is 24.7 Å². The van der Waals surface area contributed by atoms with Crippen molar-refractivity contribution in [3.63, 3.8) is 0 Å². The number of fused-ring (bicyclic) bond motifs is 1. The number of aliphatic imine (C=N–C) groups is 1. The Hall–Kier alpha value is -4.23. The molecule has 2 aromatic carbocycles. The molecule has 0 saturated carbocycles. The summed E-state index contributed by atoms with van der Waals surface area (Å²) in [6.07, 6.45) is 5.49. The van der Waals surface area contributed by atoms with E-state index in [-0.39, 0.29) is 11.3 Å². The second kappa shape index (κ2) is 11.3. The number of anilines is 1. The summed E-state index contributed by atoms with van der Waals surface area (Å²) in [7, 11) is -2.86. The van der Waals surface area contributed by atoms with Crippen LogP contribution in [0.15, 0.2) is 64.7 Å². The summed E-state index contributed by atoms with van der Waals surface area (Å²) in [6.45, 7) is -3.16. The number of H-pyrrole nitrogens is 1. The van der Waals surface area contributed by atoms with E-state index < -0.39 is 55.4 Å². The maximum Gasteiger partial charge on any atom is 0.387 e. The van der Waals surface area contributed by atoms with Gasteiger partial charge in [0.25, 0.3) is 10.0 Å². The monoisotopic (exact) mass is 577 g/mol. The summed E-state index contributed by atoms with van der Waals surface area (Å²) in [5.74, 6) is -2.76. The molecule has 3 N–H and O–H groups in total. The van der Waals surface area contributed by atoms with E-state index in [9.17, 15) is 26.4 Å². The second-order valence-corrected chi connectivity index (χ2v) is 10.1. The molecule has 0 fully saturated rings. The maximum atomic E-state index is 14.9. The molecule has 0 aliphatic heterocycles. The number of hydrogen-bond donors (Lipinski definition) is 3. The van der Waals surface area contributed by atoms with Crippen molar-refractivity contribution in [2.45, 2.75) is 17.4 Å². The molecule has 14 heteroatoms. The average Bonchev–Trinajstić information content (AvgIpc) is 3.32. The van der Waals surface area contributed by atoms with Crippen molar-refractivity contribution in [1.82, 2.24) is 9.97 Å². The first kappa shape index (κ1) is 27.8. The van der Waals surface area contributed by atoms with E-state index >= 15 is 0 Å². The van der Waals surface area contributed by atoms with Crippen molar-refractivity contribution >= 4 is 56.6 Å². The molecule has 1 unspecified atom stereocenters. The molecular formula is C25H19ClF3N5O4S. The van der Waals surface area contributed by atoms with Crippen molar-refractivity contribution in [2.75, 3.05) is 11.8 Å². The molecule has 0 amide bonds. The molecule has 39 heavy (non-hydrogen) atoms. The van der Waals surface area contributed by atoms with Gasteiger partial charge < -0.3 is 15.1 Å². The van der Waals surface area contributed by atoms with Gasteiger partial charge in [0, 0.05) is 48.9 Å². The SMILES string of the molecule is CN=CC(C=N)c1cnc2[nH]cc(C(=O)c3c(F)ccc(NS(=O)(=O)c4cccc(OC(F)F)c4)c3Cl)c2c1. The summed E-state index contributed by atoms with van der Waals surface area (Å²) in [6, 6.07) is 7.85. The first-order chi connectivity index (χ1) is 18.6. The fourth-order valence-electron chi connectivity index (χ4n) is 3.77. The summed E-state index contributed by atoms with van der Waals surface area (Å²) in [5, 5.41) is 7.43. The molecular weight excluding hydrogens is 559 g/mol. The third kappa shape index (κ3) is 5.78. The van der Waals surface area contributed by atoms with Crippen LogP contribution in [0.25, 0.3) is 11.0 Å². The van der Waals surface area contributed by atoms with Crippen LogP contribution < -0.4 is 9.46 Å². The summed E-state index contributed by atoms with van der Waals surface area (Å²) >= 11 is 6.33. The number of carbonyl (C=O) groups is 1. The Morgan fingerprint density at radius 2 is 2.03 bits per heavy atom. The van der Waals surface area contributed by atoms with Gasteiger partial charge in [-0.05, 0) is 35.9 Å². The van der Waals surface area contributed by atoms with Crippen molar-refractivity contribution in [3.05, 3.63) is 82.4 Å². The van der Waals surface area contributed by atoms with Gasteiger partial charge in [0.05, 0.1) is 27.1 Å². The number of aromatic nitrogens is 2. The van der Waals surface area contributed by atoms with Gasteiger partial charge in [0.15, 0.2) is 5.78 Å². The minimum Gasteiger partial charge on any atom is -0.435 e. The summed E-state index contributed by atoms with van der Waals surface area (Å²) in [5.41, 5.74) is -0.0319. The average molecular weight is 578 g/mol. The summed E-state index contributed by atoms with van der Waals surface area (Å²) in [4.78, 5) is 24.0. The molecule has 0 saturated heterocycles. The van der Waals surface area contributed by atoms with Crippen molar-refractivity contribution in [3.8, 4) is 5.75 Å². The number of ketones is 1. The third-order valence-electron chi connectivity index (χ3n) is 5.57. The Balaban J connectivity index is 1.72. The predicted octanol–water partition coefficient (Wildman–Crippen LogP) is 5.42. The standard InChI is InChI=1S/C25H19ClF3N5O4S/c1-31-10-14(9-30)13-7-17-18(12-33-24(17)32-11-13)23(35)21-19(27)5-6-20(22(21)26)34-39(36,37)16-4-2-3-15(8-16)38-25(28)29/h2-12,14,25,30,34H,1H3,(H,32,33). The highest BCUT2D eigenvalue weighted by atomic mass is 35.5. The minimum absolute atomic E-state index is 0.00849. The highest BCUT2D eigenvalue weighted by molar-refractivity contribution is 7.92. The van der Waals surface area contributed by atoms with Crippen LogP contribution in [-0.4, -0.2) is 50.3 Å². The lowest BCUT2D eigenvalue weighted by Crippen LogP contribution is -2.15. The molecule has 4 aromatic rings. The number of nitrogens with one attached hydrogen (secondary N) is 3. The van der Waals surface area contributed by atoms with Crippen molar-refractivity contribution < 1.29 is 31.1 Å². The van der Waals surface area contributed by atoms with Crippen LogP contribution in [0, 0.1) is 11.2 Å². The van der Waals surface area contributed by atoms with Crippen LogP contribution in [0.1, 0.15) is 27.4 Å². The largest absolute Gasteiger partial charge is 0.435 e.